The van der Waals surface area contributed by atoms with Crippen LogP contribution in [0.5, 0.6) is 0 Å². The quantitative estimate of drug-likeness (QED) is 0.183. The zero-order valence-corrected chi connectivity index (χ0v) is 7.33. The van der Waals surface area contributed by atoms with Gasteiger partial charge >= 0.3 is 0 Å². The van der Waals surface area contributed by atoms with Crippen LogP contribution in [-0.2, 0) is 0 Å². The zero-order chi connectivity index (χ0) is 11.0. The molecule has 0 saturated carbocycles. The minimum absolute atomic E-state index is 0.114. The third-order valence-electron chi connectivity index (χ3n) is 0.836. The molecule has 0 amide bonds. The molecule has 0 spiro atoms. The molecule has 0 aliphatic rings. The number of rotatable bonds is 4. The van der Waals surface area contributed by atoms with Crippen molar-refractivity contribution in [2.45, 2.75) is 0 Å². The summed E-state index contributed by atoms with van der Waals surface area (Å²) in [7, 11) is 0. The van der Waals surface area contributed by atoms with E-state index in [0.717, 1.165) is 6.21 Å². The molecule has 0 aromatic rings. The molecule has 0 atom stereocenters. The van der Waals surface area contributed by atoms with Gasteiger partial charge in [0, 0.05) is 0 Å². The van der Waals surface area contributed by atoms with Gasteiger partial charge < -0.3 is 28.0 Å². The van der Waals surface area contributed by atoms with E-state index in [1.807, 2.05) is 0 Å². The lowest BCUT2D eigenvalue weighted by Crippen LogP contribution is -2.22. The van der Waals surface area contributed by atoms with Crippen LogP contribution in [0.3, 0.4) is 0 Å². The van der Waals surface area contributed by atoms with E-state index in [4.69, 9.17) is 28.0 Å². The van der Waals surface area contributed by atoms with E-state index in [-0.39, 0.29) is 24.2 Å². The number of aliphatic hydroxyl groups excluding tert-OH is 1. The molecule has 9 N–H and O–H groups in total. The van der Waals surface area contributed by atoms with Crippen LogP contribution in [-0.4, -0.2) is 35.6 Å². The number of aliphatic hydroxyl groups is 1. The molecule has 78 valence electrons. The Bertz CT molecular complexity index is 282. The molecule has 9 nitrogen and oxygen atoms in total. The van der Waals surface area contributed by atoms with Gasteiger partial charge in [0.2, 0.25) is 11.9 Å². The number of guanidine groups is 2. The van der Waals surface area contributed by atoms with Gasteiger partial charge in [0.25, 0.3) is 0 Å². The van der Waals surface area contributed by atoms with E-state index in [1.54, 1.807) is 0 Å². The molecule has 14 heavy (non-hydrogen) atoms. The maximum atomic E-state index is 8.72. The highest BCUT2D eigenvalue weighted by Crippen LogP contribution is 1.78. The second kappa shape index (κ2) is 6.37. The van der Waals surface area contributed by atoms with E-state index in [2.05, 4.69) is 20.4 Å². The minimum atomic E-state index is -0.389. The average Bonchev–Trinajstić information content (AvgIpc) is 2.10. The molecule has 0 heterocycles. The molecule has 0 fully saturated rings. The van der Waals surface area contributed by atoms with Crippen molar-refractivity contribution >= 4 is 23.8 Å². The Labute approximate surface area is 79.9 Å². The average molecular weight is 200 g/mol. The van der Waals surface area contributed by atoms with Crippen LogP contribution in [0.2, 0.25) is 0 Å². The molecular formula is C5H12N8O. The topological polar surface area (TPSA) is 174 Å². The Morgan fingerprint density at radius 1 is 1.00 bits per heavy atom. The van der Waals surface area contributed by atoms with Crippen molar-refractivity contribution in [3.05, 3.63) is 0 Å². The summed E-state index contributed by atoms with van der Waals surface area (Å²) in [5.74, 6) is -0.438. The maximum Gasteiger partial charge on any atom is 0.211 e. The van der Waals surface area contributed by atoms with Crippen molar-refractivity contribution in [2.75, 3.05) is 6.61 Å². The first-order valence-corrected chi connectivity index (χ1v) is 3.44. The lowest BCUT2D eigenvalue weighted by atomic mass is 10.4. The van der Waals surface area contributed by atoms with E-state index < -0.39 is 0 Å². The summed E-state index contributed by atoms with van der Waals surface area (Å²) < 4.78 is 0. The lowest BCUT2D eigenvalue weighted by molar-refractivity contribution is 0.359. The first-order valence-electron chi connectivity index (χ1n) is 3.44. The Hall–Kier alpha value is -2.16. The summed E-state index contributed by atoms with van der Waals surface area (Å²) in [6.45, 7) is -0.389. The first kappa shape index (κ1) is 11.8. The molecule has 0 aromatic carbocycles. The van der Waals surface area contributed by atoms with Gasteiger partial charge in [0.05, 0.1) is 12.8 Å². The Balaban J connectivity index is 4.44. The summed E-state index contributed by atoms with van der Waals surface area (Å²) >= 11 is 0. The van der Waals surface area contributed by atoms with Gasteiger partial charge in [-0.15, -0.1) is 15.3 Å². The Morgan fingerprint density at radius 3 is 2.00 bits per heavy atom. The van der Waals surface area contributed by atoms with Gasteiger partial charge in [-0.1, -0.05) is 0 Å². The molecule has 0 aliphatic heterocycles. The normalized spacial score (nSPS) is 11.4. The zero-order valence-electron chi connectivity index (χ0n) is 7.33. The van der Waals surface area contributed by atoms with Crippen LogP contribution >= 0.6 is 0 Å². The van der Waals surface area contributed by atoms with E-state index in [0.29, 0.717) is 0 Å². The molecule has 0 aromatic heterocycles. The number of nitrogens with two attached hydrogens (primary N) is 4. The van der Waals surface area contributed by atoms with Gasteiger partial charge in [-0.05, 0) is 0 Å². The number of hydrogen-bond donors (Lipinski definition) is 5. The maximum absolute atomic E-state index is 8.72. The highest BCUT2D eigenvalue weighted by molar-refractivity contribution is 6.31. The predicted molar refractivity (Wildman–Crippen MR) is 54.6 cm³/mol. The Kier molecular flexibility index (Phi) is 5.38. The van der Waals surface area contributed by atoms with Crippen molar-refractivity contribution < 1.29 is 5.11 Å². The molecule has 0 aliphatic carbocycles. The van der Waals surface area contributed by atoms with Crippen molar-refractivity contribution in [1.29, 1.82) is 0 Å². The lowest BCUT2D eigenvalue weighted by Gasteiger charge is -1.90. The van der Waals surface area contributed by atoms with Crippen LogP contribution in [0.1, 0.15) is 0 Å². The van der Waals surface area contributed by atoms with Crippen LogP contribution in [0, 0.1) is 0 Å². The Morgan fingerprint density at radius 2 is 1.57 bits per heavy atom. The highest BCUT2D eigenvalue weighted by Gasteiger charge is 1.91. The summed E-state index contributed by atoms with van der Waals surface area (Å²) in [6, 6.07) is 0. The van der Waals surface area contributed by atoms with Gasteiger partial charge in [0.15, 0.2) is 0 Å². The fourth-order valence-electron chi connectivity index (χ4n) is 0.382. The van der Waals surface area contributed by atoms with Gasteiger partial charge in [0.1, 0.15) is 5.71 Å². The van der Waals surface area contributed by atoms with Gasteiger partial charge in [-0.2, -0.15) is 5.10 Å². The smallest absolute Gasteiger partial charge is 0.211 e. The summed E-state index contributed by atoms with van der Waals surface area (Å²) in [6.07, 6.45) is 1.12. The summed E-state index contributed by atoms with van der Waals surface area (Å²) in [5, 5.41) is 22.1. The molecule has 0 radical (unpaired) electrons. The molecule has 9 heteroatoms. The monoisotopic (exact) mass is 200 g/mol. The molecule has 0 bridgehead atoms. The fourth-order valence-corrected chi connectivity index (χ4v) is 0.382. The van der Waals surface area contributed by atoms with E-state index >= 15 is 0 Å². The summed E-state index contributed by atoms with van der Waals surface area (Å²) in [5.41, 5.74) is 20.1. The van der Waals surface area contributed by atoms with Crippen molar-refractivity contribution in [3.63, 3.8) is 0 Å². The fraction of sp³-hybridized carbons (Fsp3) is 0.200. The van der Waals surface area contributed by atoms with Crippen molar-refractivity contribution in [3.8, 4) is 0 Å². The molecule has 0 saturated heterocycles. The summed E-state index contributed by atoms with van der Waals surface area (Å²) in [4.78, 5) is 0. The second-order valence-electron chi connectivity index (χ2n) is 2.04. The SMILES string of the molecule is NC(N)=NN=CC(CO)=NN=C(N)N. The van der Waals surface area contributed by atoms with Crippen LogP contribution in [0.15, 0.2) is 20.4 Å². The number of hydrogen-bond acceptors (Lipinski definition) is 5. The number of nitrogens with zero attached hydrogens (tertiary/aromatic N) is 4. The third kappa shape index (κ3) is 6.54. The van der Waals surface area contributed by atoms with E-state index in [1.165, 1.54) is 0 Å². The van der Waals surface area contributed by atoms with Crippen LogP contribution in [0.4, 0.5) is 0 Å². The van der Waals surface area contributed by atoms with Crippen LogP contribution in [0.25, 0.3) is 0 Å². The van der Waals surface area contributed by atoms with Crippen LogP contribution < -0.4 is 22.9 Å². The van der Waals surface area contributed by atoms with Crippen molar-refractivity contribution in [2.24, 2.45) is 43.3 Å². The predicted octanol–water partition coefficient (Wildman–Crippen LogP) is -3.13. The highest BCUT2D eigenvalue weighted by atomic mass is 16.3. The third-order valence-corrected chi connectivity index (χ3v) is 0.836. The molecule has 0 unspecified atom stereocenters. The minimum Gasteiger partial charge on any atom is -0.390 e. The van der Waals surface area contributed by atoms with E-state index in [9.17, 15) is 0 Å². The first-order chi connectivity index (χ1) is 6.56. The molecular weight excluding hydrogens is 188 g/mol. The van der Waals surface area contributed by atoms with Gasteiger partial charge in [-0.3, -0.25) is 0 Å². The van der Waals surface area contributed by atoms with Crippen molar-refractivity contribution in [1.82, 2.24) is 0 Å². The largest absolute Gasteiger partial charge is 0.390 e. The standard InChI is InChI=1S/C5H12N8O/c6-4(7)12-10-1-3(2-14)11-13-5(8)9/h1,14H,2H2,(H4,6,7,12)(H4,8,9,13). The second-order valence-corrected chi connectivity index (χ2v) is 2.04. The van der Waals surface area contributed by atoms with Gasteiger partial charge in [-0.25, -0.2) is 0 Å². The molecule has 0 rings (SSSR count).